The normalized spacial score (nSPS) is 9.92. The first-order valence-electron chi connectivity index (χ1n) is 7.04. The van der Waals surface area contributed by atoms with Gasteiger partial charge in [-0.2, -0.15) is 0 Å². The molecule has 0 aliphatic rings. The minimum absolute atomic E-state index is 0.0301. The number of rotatable bonds is 5. The third kappa shape index (κ3) is 5.20. The lowest BCUT2D eigenvalue weighted by Gasteiger charge is -2.08. The molecule has 0 heterocycles. The number of nitrogens with one attached hydrogen (secondary N) is 2. The topological polar surface area (TPSA) is 84.5 Å². The number of anilines is 2. The fraction of sp³-hybridized carbons (Fsp3) is 0.118. The Bertz CT molecular complexity index is 759. The highest BCUT2D eigenvalue weighted by molar-refractivity contribution is 5.95. The molecule has 0 bridgehead atoms. The second-order valence-corrected chi connectivity index (χ2v) is 4.89. The number of halogens is 1. The molecule has 0 aliphatic carbocycles. The summed E-state index contributed by atoms with van der Waals surface area (Å²) in [5.41, 5.74) is 1.11. The van der Waals surface area contributed by atoms with Crippen LogP contribution >= 0.6 is 0 Å². The molecule has 2 aromatic carbocycles. The van der Waals surface area contributed by atoms with Crippen LogP contribution in [0.5, 0.6) is 0 Å². The molecule has 0 spiro atoms. The minimum atomic E-state index is -0.786. The van der Waals surface area contributed by atoms with Gasteiger partial charge in [0.15, 0.2) is 6.61 Å². The number of amides is 2. The SMILES string of the molecule is CC(=O)Nc1ccc(NC(=O)COC(=O)c2cccc(F)c2)cc1. The Morgan fingerprint density at radius 2 is 1.62 bits per heavy atom. The standard InChI is InChI=1S/C17H15FN2O4/c1-11(21)19-14-5-7-15(8-6-14)20-16(22)10-24-17(23)12-3-2-4-13(18)9-12/h2-9H,10H2,1H3,(H,19,21)(H,20,22). The van der Waals surface area contributed by atoms with E-state index in [0.29, 0.717) is 11.4 Å². The van der Waals surface area contributed by atoms with E-state index < -0.39 is 24.3 Å². The zero-order valence-electron chi connectivity index (χ0n) is 12.8. The molecular weight excluding hydrogens is 315 g/mol. The molecule has 2 N–H and O–H groups in total. The zero-order valence-corrected chi connectivity index (χ0v) is 12.8. The summed E-state index contributed by atoms with van der Waals surface area (Å²) in [6, 6.07) is 11.4. The van der Waals surface area contributed by atoms with Crippen molar-refractivity contribution in [3.63, 3.8) is 0 Å². The first-order chi connectivity index (χ1) is 11.4. The molecule has 2 rings (SSSR count). The van der Waals surface area contributed by atoms with Gasteiger partial charge in [0.1, 0.15) is 5.82 Å². The van der Waals surface area contributed by atoms with Crippen molar-refractivity contribution >= 4 is 29.2 Å². The predicted octanol–water partition coefficient (Wildman–Crippen LogP) is 2.58. The van der Waals surface area contributed by atoms with E-state index in [1.165, 1.54) is 25.1 Å². The molecule has 0 saturated carbocycles. The van der Waals surface area contributed by atoms with Gasteiger partial charge in [-0.3, -0.25) is 9.59 Å². The molecule has 6 nitrogen and oxygen atoms in total. The van der Waals surface area contributed by atoms with Gasteiger partial charge < -0.3 is 15.4 Å². The second-order valence-electron chi connectivity index (χ2n) is 4.89. The monoisotopic (exact) mass is 330 g/mol. The maximum Gasteiger partial charge on any atom is 0.338 e. The van der Waals surface area contributed by atoms with E-state index in [2.05, 4.69) is 10.6 Å². The van der Waals surface area contributed by atoms with Crippen LogP contribution in [0.2, 0.25) is 0 Å². The molecule has 0 unspecified atom stereocenters. The molecule has 0 aliphatic heterocycles. The highest BCUT2D eigenvalue weighted by atomic mass is 19.1. The van der Waals surface area contributed by atoms with E-state index in [4.69, 9.17) is 4.74 Å². The largest absolute Gasteiger partial charge is 0.452 e. The fourth-order valence-electron chi connectivity index (χ4n) is 1.87. The maximum absolute atomic E-state index is 13.0. The summed E-state index contributed by atoms with van der Waals surface area (Å²) in [4.78, 5) is 34.3. The van der Waals surface area contributed by atoms with Crippen LogP contribution in [-0.2, 0) is 14.3 Å². The number of hydrogen-bond acceptors (Lipinski definition) is 4. The number of carbonyl (C=O) groups excluding carboxylic acids is 3. The van der Waals surface area contributed by atoms with E-state index in [-0.39, 0.29) is 11.5 Å². The van der Waals surface area contributed by atoms with Gasteiger partial charge in [-0.1, -0.05) is 6.07 Å². The van der Waals surface area contributed by atoms with E-state index in [1.807, 2.05) is 0 Å². The van der Waals surface area contributed by atoms with Crippen molar-refractivity contribution in [2.45, 2.75) is 6.92 Å². The zero-order chi connectivity index (χ0) is 17.5. The predicted molar refractivity (Wildman–Crippen MR) is 86.1 cm³/mol. The molecule has 2 amide bonds. The van der Waals surface area contributed by atoms with Crippen molar-refractivity contribution in [3.05, 3.63) is 59.9 Å². The number of carbonyl (C=O) groups is 3. The minimum Gasteiger partial charge on any atom is -0.452 e. The van der Waals surface area contributed by atoms with Crippen LogP contribution in [0.15, 0.2) is 48.5 Å². The lowest BCUT2D eigenvalue weighted by Crippen LogP contribution is -2.21. The Hall–Kier alpha value is -3.22. The Kier molecular flexibility index (Phi) is 5.62. The molecule has 0 atom stereocenters. The molecule has 24 heavy (non-hydrogen) atoms. The van der Waals surface area contributed by atoms with Crippen LogP contribution in [0.25, 0.3) is 0 Å². The first kappa shape index (κ1) is 17.1. The van der Waals surface area contributed by atoms with Gasteiger partial charge in [0.05, 0.1) is 5.56 Å². The molecule has 2 aromatic rings. The molecule has 0 fully saturated rings. The van der Waals surface area contributed by atoms with Gasteiger partial charge in [-0.25, -0.2) is 9.18 Å². The van der Waals surface area contributed by atoms with Gasteiger partial charge in [0, 0.05) is 18.3 Å². The Balaban J connectivity index is 1.84. The number of esters is 1. The molecule has 124 valence electrons. The van der Waals surface area contributed by atoms with Crippen LogP contribution in [0, 0.1) is 5.82 Å². The average Bonchev–Trinajstić information content (AvgIpc) is 2.54. The molecule has 7 heteroatoms. The van der Waals surface area contributed by atoms with Crippen molar-refractivity contribution in [3.8, 4) is 0 Å². The lowest BCUT2D eigenvalue weighted by molar-refractivity contribution is -0.119. The van der Waals surface area contributed by atoms with Crippen molar-refractivity contribution in [1.29, 1.82) is 0 Å². The summed E-state index contributed by atoms with van der Waals surface area (Å²) in [6.45, 7) is 0.894. The summed E-state index contributed by atoms with van der Waals surface area (Å²) < 4.78 is 17.8. The van der Waals surface area contributed by atoms with Crippen LogP contribution in [0.4, 0.5) is 15.8 Å². The highest BCUT2D eigenvalue weighted by Crippen LogP contribution is 2.13. The lowest BCUT2D eigenvalue weighted by atomic mass is 10.2. The second kappa shape index (κ2) is 7.87. The van der Waals surface area contributed by atoms with Crippen LogP contribution < -0.4 is 10.6 Å². The molecule has 0 radical (unpaired) electrons. The van der Waals surface area contributed by atoms with Crippen LogP contribution in [0.1, 0.15) is 17.3 Å². The smallest absolute Gasteiger partial charge is 0.338 e. The van der Waals surface area contributed by atoms with Crippen molar-refractivity contribution in [2.24, 2.45) is 0 Å². The summed E-state index contributed by atoms with van der Waals surface area (Å²) in [5.74, 6) is -2.08. The Labute approximate surface area is 137 Å². The van der Waals surface area contributed by atoms with Crippen LogP contribution in [0.3, 0.4) is 0 Å². The van der Waals surface area contributed by atoms with Crippen molar-refractivity contribution in [1.82, 2.24) is 0 Å². The third-order valence-electron chi connectivity index (χ3n) is 2.88. The first-order valence-corrected chi connectivity index (χ1v) is 7.04. The van der Waals surface area contributed by atoms with E-state index >= 15 is 0 Å². The van der Waals surface area contributed by atoms with E-state index in [9.17, 15) is 18.8 Å². The van der Waals surface area contributed by atoms with Gasteiger partial charge in [0.25, 0.3) is 5.91 Å². The Morgan fingerprint density at radius 1 is 1.00 bits per heavy atom. The van der Waals surface area contributed by atoms with Crippen LogP contribution in [-0.4, -0.2) is 24.4 Å². The molecular formula is C17H15FN2O4. The van der Waals surface area contributed by atoms with Gasteiger partial charge in [-0.05, 0) is 42.5 Å². The number of ether oxygens (including phenoxy) is 1. The van der Waals surface area contributed by atoms with Crippen molar-refractivity contribution in [2.75, 3.05) is 17.2 Å². The van der Waals surface area contributed by atoms with Crippen molar-refractivity contribution < 1.29 is 23.5 Å². The summed E-state index contributed by atoms with van der Waals surface area (Å²) >= 11 is 0. The summed E-state index contributed by atoms with van der Waals surface area (Å²) in [5, 5.41) is 5.13. The Morgan fingerprint density at radius 3 is 2.21 bits per heavy atom. The summed E-state index contributed by atoms with van der Waals surface area (Å²) in [7, 11) is 0. The molecule has 0 saturated heterocycles. The van der Waals surface area contributed by atoms with Gasteiger partial charge in [-0.15, -0.1) is 0 Å². The van der Waals surface area contributed by atoms with E-state index in [0.717, 1.165) is 6.07 Å². The van der Waals surface area contributed by atoms with Gasteiger partial charge in [0.2, 0.25) is 5.91 Å². The summed E-state index contributed by atoms with van der Waals surface area (Å²) in [6.07, 6.45) is 0. The average molecular weight is 330 g/mol. The number of hydrogen-bond donors (Lipinski definition) is 2. The fourth-order valence-corrected chi connectivity index (χ4v) is 1.87. The van der Waals surface area contributed by atoms with Gasteiger partial charge >= 0.3 is 5.97 Å². The highest BCUT2D eigenvalue weighted by Gasteiger charge is 2.11. The quantitative estimate of drug-likeness (QED) is 0.825. The third-order valence-corrected chi connectivity index (χ3v) is 2.88. The maximum atomic E-state index is 13.0. The number of benzene rings is 2. The molecule has 0 aromatic heterocycles. The van der Waals surface area contributed by atoms with E-state index in [1.54, 1.807) is 24.3 Å².